The highest BCUT2D eigenvalue weighted by atomic mass is 32.2. The van der Waals surface area contributed by atoms with Gasteiger partial charge < -0.3 is 4.74 Å². The molecule has 0 saturated carbocycles. The standard InChI is InChI=1S/C16H15N5O5S/c1-9(18-19-17)6-12-15(20-13(22)7-14(20)27-12)16(23)26-8-10-2-4-11(5-3-10)21(24)25/h2-5,9,14H,6-8H2,1H3. The summed E-state index contributed by atoms with van der Waals surface area (Å²) in [6, 6.07) is 5.31. The van der Waals surface area contributed by atoms with E-state index in [1.54, 1.807) is 6.92 Å². The summed E-state index contributed by atoms with van der Waals surface area (Å²) >= 11 is 1.41. The predicted octanol–water partition coefficient (Wildman–Crippen LogP) is 3.24. The molecule has 2 unspecified atom stereocenters. The SMILES string of the molecule is CC(CC1=C(C(=O)OCc2ccc([N+](=O)[O-])cc2)N2C(=O)CC2S1)N=[N+]=[N-]. The van der Waals surface area contributed by atoms with E-state index >= 15 is 0 Å². The van der Waals surface area contributed by atoms with Crippen molar-refractivity contribution in [1.82, 2.24) is 4.90 Å². The van der Waals surface area contributed by atoms with E-state index in [9.17, 15) is 19.7 Å². The van der Waals surface area contributed by atoms with Gasteiger partial charge in [-0.25, -0.2) is 4.79 Å². The molecule has 0 spiro atoms. The van der Waals surface area contributed by atoms with E-state index < -0.39 is 10.9 Å². The highest BCUT2D eigenvalue weighted by Gasteiger charge is 2.48. The number of rotatable bonds is 7. The Labute approximate surface area is 157 Å². The first-order valence-electron chi connectivity index (χ1n) is 8.07. The number of hydrogen-bond donors (Lipinski definition) is 0. The fourth-order valence-electron chi connectivity index (χ4n) is 2.79. The zero-order chi connectivity index (χ0) is 19.6. The first-order valence-corrected chi connectivity index (χ1v) is 8.95. The van der Waals surface area contributed by atoms with E-state index in [2.05, 4.69) is 10.0 Å². The summed E-state index contributed by atoms with van der Waals surface area (Å²) in [6.07, 6.45) is 0.695. The second-order valence-corrected chi connectivity index (χ2v) is 7.34. The average molecular weight is 389 g/mol. The second-order valence-electron chi connectivity index (χ2n) is 6.07. The molecule has 0 bridgehead atoms. The molecule has 1 aromatic carbocycles. The number of β-lactam (4-membered cyclic amide) rings is 1. The largest absolute Gasteiger partial charge is 0.456 e. The lowest BCUT2D eigenvalue weighted by molar-refractivity contribution is -0.384. The van der Waals surface area contributed by atoms with Gasteiger partial charge in [0.25, 0.3) is 5.69 Å². The van der Waals surface area contributed by atoms with Crippen LogP contribution in [-0.4, -0.2) is 33.1 Å². The van der Waals surface area contributed by atoms with Crippen molar-refractivity contribution in [1.29, 1.82) is 0 Å². The van der Waals surface area contributed by atoms with Gasteiger partial charge in [0.1, 0.15) is 12.3 Å². The number of benzene rings is 1. The monoisotopic (exact) mass is 389 g/mol. The molecule has 2 aliphatic rings. The van der Waals surface area contributed by atoms with Gasteiger partial charge in [0.05, 0.1) is 16.7 Å². The summed E-state index contributed by atoms with van der Waals surface area (Å²) in [5.74, 6) is -0.791. The summed E-state index contributed by atoms with van der Waals surface area (Å²) in [6.45, 7) is 1.65. The minimum absolute atomic E-state index is 0.0525. The third kappa shape index (κ3) is 3.88. The Bertz CT molecular complexity index is 878. The molecule has 27 heavy (non-hydrogen) atoms. The number of nitro benzene ring substituents is 1. The van der Waals surface area contributed by atoms with Crippen LogP contribution in [0.4, 0.5) is 5.69 Å². The summed E-state index contributed by atoms with van der Waals surface area (Å²) in [5.41, 5.74) is 9.28. The fourth-order valence-corrected chi connectivity index (χ4v) is 4.30. The second kappa shape index (κ2) is 7.68. The molecule has 2 aliphatic heterocycles. The van der Waals surface area contributed by atoms with Crippen molar-refractivity contribution in [2.24, 2.45) is 5.11 Å². The number of esters is 1. The van der Waals surface area contributed by atoms with Gasteiger partial charge in [-0.05, 0) is 29.6 Å². The first-order chi connectivity index (χ1) is 12.9. The van der Waals surface area contributed by atoms with E-state index in [1.165, 1.54) is 40.9 Å². The Morgan fingerprint density at radius 2 is 2.22 bits per heavy atom. The summed E-state index contributed by atoms with van der Waals surface area (Å²) in [7, 11) is 0. The predicted molar refractivity (Wildman–Crippen MR) is 96.0 cm³/mol. The summed E-state index contributed by atoms with van der Waals surface area (Å²) < 4.78 is 5.31. The Kier molecular flexibility index (Phi) is 5.33. The lowest BCUT2D eigenvalue weighted by atomic mass is 10.1. The van der Waals surface area contributed by atoms with Gasteiger partial charge in [-0.2, -0.15) is 0 Å². The molecule has 0 aliphatic carbocycles. The fraction of sp³-hybridized carbons (Fsp3) is 0.375. The normalized spacial score (nSPS) is 19.1. The smallest absolute Gasteiger partial charge is 0.356 e. The van der Waals surface area contributed by atoms with Gasteiger partial charge in [0.2, 0.25) is 5.91 Å². The van der Waals surface area contributed by atoms with Gasteiger partial charge in [0, 0.05) is 28.0 Å². The number of ether oxygens (including phenoxy) is 1. The van der Waals surface area contributed by atoms with E-state index in [0.29, 0.717) is 23.3 Å². The van der Waals surface area contributed by atoms with Crippen LogP contribution in [0.15, 0.2) is 40.0 Å². The number of carbonyl (C=O) groups is 2. The first kappa shape index (κ1) is 18.7. The third-order valence-electron chi connectivity index (χ3n) is 4.13. The Hall–Kier alpha value is -3.04. The van der Waals surface area contributed by atoms with Gasteiger partial charge in [0.15, 0.2) is 0 Å². The van der Waals surface area contributed by atoms with Crippen LogP contribution in [0.25, 0.3) is 10.4 Å². The molecule has 1 saturated heterocycles. The van der Waals surface area contributed by atoms with Crippen LogP contribution >= 0.6 is 11.8 Å². The average Bonchev–Trinajstić information content (AvgIpc) is 2.92. The van der Waals surface area contributed by atoms with Gasteiger partial charge in [-0.15, -0.1) is 11.8 Å². The van der Waals surface area contributed by atoms with Crippen molar-refractivity contribution in [3.63, 3.8) is 0 Å². The van der Waals surface area contributed by atoms with Crippen LogP contribution in [0.5, 0.6) is 0 Å². The minimum Gasteiger partial charge on any atom is -0.456 e. The Morgan fingerprint density at radius 3 is 2.81 bits per heavy atom. The van der Waals surface area contributed by atoms with Crippen LogP contribution in [0.3, 0.4) is 0 Å². The molecule has 1 amide bonds. The Balaban J connectivity index is 1.72. The Morgan fingerprint density at radius 1 is 1.52 bits per heavy atom. The molecule has 0 aromatic heterocycles. The van der Waals surface area contributed by atoms with Gasteiger partial charge in [-0.1, -0.05) is 12.0 Å². The lowest BCUT2D eigenvalue weighted by Crippen LogP contribution is -2.48. The molecule has 10 nitrogen and oxygen atoms in total. The molecule has 140 valence electrons. The summed E-state index contributed by atoms with van der Waals surface area (Å²) in [4.78, 5) is 39.5. The number of nitrogens with zero attached hydrogens (tertiary/aromatic N) is 5. The number of nitro groups is 1. The molecular formula is C16H15N5O5S. The molecule has 3 rings (SSSR count). The molecular weight excluding hydrogens is 374 g/mol. The third-order valence-corrected chi connectivity index (χ3v) is 5.42. The number of carbonyl (C=O) groups excluding carboxylic acids is 2. The molecule has 2 heterocycles. The van der Waals surface area contributed by atoms with E-state index in [-0.39, 0.29) is 35.3 Å². The van der Waals surface area contributed by atoms with Crippen LogP contribution < -0.4 is 0 Å². The summed E-state index contributed by atoms with van der Waals surface area (Å²) in [5, 5.41) is 14.2. The van der Waals surface area contributed by atoms with Crippen molar-refractivity contribution in [3.05, 3.63) is 61.0 Å². The number of amides is 1. The van der Waals surface area contributed by atoms with Crippen molar-refractivity contribution in [2.75, 3.05) is 0 Å². The maximum absolute atomic E-state index is 12.6. The van der Waals surface area contributed by atoms with Crippen LogP contribution in [0, 0.1) is 10.1 Å². The highest BCUT2D eigenvalue weighted by molar-refractivity contribution is 8.04. The van der Waals surface area contributed by atoms with Gasteiger partial charge >= 0.3 is 5.97 Å². The van der Waals surface area contributed by atoms with Crippen molar-refractivity contribution < 1.29 is 19.2 Å². The van der Waals surface area contributed by atoms with Crippen LogP contribution in [0.2, 0.25) is 0 Å². The molecule has 2 atom stereocenters. The minimum atomic E-state index is -0.639. The van der Waals surface area contributed by atoms with Crippen molar-refractivity contribution in [3.8, 4) is 0 Å². The number of non-ortho nitro benzene ring substituents is 1. The van der Waals surface area contributed by atoms with E-state index in [0.717, 1.165) is 0 Å². The van der Waals surface area contributed by atoms with E-state index in [1.807, 2.05) is 0 Å². The van der Waals surface area contributed by atoms with Crippen LogP contribution in [0.1, 0.15) is 25.3 Å². The number of fused-ring (bicyclic) bond motifs is 1. The zero-order valence-corrected chi connectivity index (χ0v) is 15.1. The molecule has 1 aromatic rings. The van der Waals surface area contributed by atoms with Crippen LogP contribution in [-0.2, 0) is 20.9 Å². The topological polar surface area (TPSA) is 139 Å². The maximum Gasteiger partial charge on any atom is 0.356 e. The van der Waals surface area contributed by atoms with Crippen molar-refractivity contribution >= 4 is 29.3 Å². The van der Waals surface area contributed by atoms with Crippen molar-refractivity contribution in [2.45, 2.75) is 37.8 Å². The number of hydrogen-bond acceptors (Lipinski definition) is 7. The maximum atomic E-state index is 12.6. The zero-order valence-electron chi connectivity index (χ0n) is 14.3. The molecule has 0 N–H and O–H groups in total. The molecule has 1 fully saturated rings. The van der Waals surface area contributed by atoms with E-state index in [4.69, 9.17) is 10.3 Å². The quantitative estimate of drug-likeness (QED) is 0.133. The number of azide groups is 1. The highest BCUT2D eigenvalue weighted by Crippen LogP contribution is 2.48. The molecule has 11 heteroatoms. The lowest BCUT2D eigenvalue weighted by Gasteiger charge is -2.34. The van der Waals surface area contributed by atoms with Gasteiger partial charge in [-0.3, -0.25) is 19.8 Å². The molecule has 0 radical (unpaired) electrons. The number of thioether (sulfide) groups is 1.